The Morgan fingerprint density at radius 3 is 2.61 bits per heavy atom. The molecule has 0 spiro atoms. The molecule has 0 amide bonds. The lowest BCUT2D eigenvalue weighted by Crippen LogP contribution is -2.26. The Morgan fingerprint density at radius 1 is 1.33 bits per heavy atom. The summed E-state index contributed by atoms with van der Waals surface area (Å²) in [5.41, 5.74) is 8.65. The fraction of sp³-hybridized carbons (Fsp3) is 0.600. The van der Waals surface area contributed by atoms with Crippen molar-refractivity contribution in [2.45, 2.75) is 39.7 Å². The second kappa shape index (κ2) is 5.62. The van der Waals surface area contributed by atoms with Crippen LogP contribution in [0.4, 0.5) is 5.69 Å². The SMILES string of the molecule is CCC1(CC)CCN(Cc2ccc(Br)c(N)c2)C1. The molecule has 3 heteroatoms. The van der Waals surface area contributed by atoms with E-state index in [1.807, 2.05) is 6.07 Å². The molecule has 100 valence electrons. The summed E-state index contributed by atoms with van der Waals surface area (Å²) < 4.78 is 0.990. The van der Waals surface area contributed by atoms with Gasteiger partial charge in [0.15, 0.2) is 0 Å². The summed E-state index contributed by atoms with van der Waals surface area (Å²) in [6.07, 6.45) is 3.93. The standard InChI is InChI=1S/C15H23BrN2/c1-3-15(4-2)7-8-18(11-15)10-12-5-6-13(16)14(17)9-12/h5-6,9H,3-4,7-8,10-11,17H2,1-2H3. The third-order valence-corrected chi connectivity index (χ3v) is 5.21. The van der Waals surface area contributed by atoms with Gasteiger partial charge in [0.05, 0.1) is 0 Å². The minimum Gasteiger partial charge on any atom is -0.398 e. The minimum absolute atomic E-state index is 0.556. The van der Waals surface area contributed by atoms with Crippen LogP contribution in [0.15, 0.2) is 22.7 Å². The minimum atomic E-state index is 0.556. The lowest BCUT2D eigenvalue weighted by atomic mass is 9.82. The molecular weight excluding hydrogens is 288 g/mol. The molecule has 0 atom stereocenters. The molecule has 18 heavy (non-hydrogen) atoms. The molecule has 1 aliphatic rings. The highest BCUT2D eigenvalue weighted by atomic mass is 79.9. The second-order valence-electron chi connectivity index (χ2n) is 5.52. The van der Waals surface area contributed by atoms with Crippen LogP contribution in [0, 0.1) is 5.41 Å². The van der Waals surface area contributed by atoms with Crippen molar-refractivity contribution < 1.29 is 0 Å². The first kappa shape index (κ1) is 13.9. The van der Waals surface area contributed by atoms with Crippen molar-refractivity contribution in [3.05, 3.63) is 28.2 Å². The molecule has 2 rings (SSSR count). The Balaban J connectivity index is 2.01. The second-order valence-corrected chi connectivity index (χ2v) is 6.38. The first-order valence-electron chi connectivity index (χ1n) is 6.85. The topological polar surface area (TPSA) is 29.3 Å². The number of nitrogen functional groups attached to an aromatic ring is 1. The molecular formula is C15H23BrN2. The van der Waals surface area contributed by atoms with Crippen molar-refractivity contribution in [2.24, 2.45) is 5.41 Å². The Bertz CT molecular complexity index is 413. The zero-order valence-corrected chi connectivity index (χ0v) is 13.0. The largest absolute Gasteiger partial charge is 0.398 e. The molecule has 1 fully saturated rings. The van der Waals surface area contributed by atoms with E-state index in [9.17, 15) is 0 Å². The maximum absolute atomic E-state index is 5.94. The Morgan fingerprint density at radius 2 is 2.06 bits per heavy atom. The summed E-state index contributed by atoms with van der Waals surface area (Å²) in [6.45, 7) is 8.13. The van der Waals surface area contributed by atoms with Crippen LogP contribution in [0.5, 0.6) is 0 Å². The van der Waals surface area contributed by atoms with E-state index in [1.54, 1.807) is 0 Å². The molecule has 0 unspecified atom stereocenters. The maximum Gasteiger partial charge on any atom is 0.0461 e. The van der Waals surface area contributed by atoms with E-state index in [1.165, 1.54) is 37.9 Å². The highest BCUT2D eigenvalue weighted by molar-refractivity contribution is 9.10. The van der Waals surface area contributed by atoms with E-state index >= 15 is 0 Å². The van der Waals surface area contributed by atoms with Crippen LogP contribution in [0.2, 0.25) is 0 Å². The van der Waals surface area contributed by atoms with Gasteiger partial charge >= 0.3 is 0 Å². The summed E-state index contributed by atoms with van der Waals surface area (Å²) in [7, 11) is 0. The lowest BCUT2D eigenvalue weighted by molar-refractivity contribution is 0.236. The molecule has 0 aromatic heterocycles. The van der Waals surface area contributed by atoms with Gasteiger partial charge in [0.1, 0.15) is 0 Å². The Labute approximate surface area is 119 Å². The Kier molecular flexibility index (Phi) is 4.33. The van der Waals surface area contributed by atoms with Gasteiger partial charge in [-0.2, -0.15) is 0 Å². The van der Waals surface area contributed by atoms with Gasteiger partial charge in [0.25, 0.3) is 0 Å². The van der Waals surface area contributed by atoms with Crippen molar-refractivity contribution in [1.82, 2.24) is 4.90 Å². The van der Waals surface area contributed by atoms with E-state index in [0.717, 1.165) is 16.7 Å². The summed E-state index contributed by atoms with van der Waals surface area (Å²) in [5, 5.41) is 0. The van der Waals surface area contributed by atoms with Crippen molar-refractivity contribution in [1.29, 1.82) is 0 Å². The van der Waals surface area contributed by atoms with Gasteiger partial charge in [-0.25, -0.2) is 0 Å². The van der Waals surface area contributed by atoms with E-state index in [2.05, 4.69) is 46.8 Å². The molecule has 1 aliphatic heterocycles. The molecule has 1 saturated heterocycles. The molecule has 0 saturated carbocycles. The van der Waals surface area contributed by atoms with Crippen LogP contribution < -0.4 is 5.73 Å². The molecule has 2 N–H and O–H groups in total. The molecule has 0 radical (unpaired) electrons. The van der Waals surface area contributed by atoms with Gasteiger partial charge in [-0.3, -0.25) is 4.90 Å². The third kappa shape index (κ3) is 2.89. The van der Waals surface area contributed by atoms with E-state index in [0.29, 0.717) is 5.41 Å². The van der Waals surface area contributed by atoms with Gasteiger partial charge in [-0.05, 0) is 64.8 Å². The molecule has 1 heterocycles. The van der Waals surface area contributed by atoms with Crippen molar-refractivity contribution in [2.75, 3.05) is 18.8 Å². The zero-order valence-electron chi connectivity index (χ0n) is 11.4. The zero-order chi connectivity index (χ0) is 13.2. The van der Waals surface area contributed by atoms with E-state index in [-0.39, 0.29) is 0 Å². The van der Waals surface area contributed by atoms with Gasteiger partial charge in [-0.1, -0.05) is 19.9 Å². The first-order valence-corrected chi connectivity index (χ1v) is 7.64. The number of nitrogens with two attached hydrogens (primary N) is 1. The monoisotopic (exact) mass is 310 g/mol. The summed E-state index contributed by atoms with van der Waals surface area (Å²) >= 11 is 3.44. The number of likely N-dealkylation sites (tertiary alicyclic amines) is 1. The average Bonchev–Trinajstić information content (AvgIpc) is 2.78. The molecule has 1 aromatic carbocycles. The van der Waals surface area contributed by atoms with Crippen molar-refractivity contribution in [3.8, 4) is 0 Å². The van der Waals surface area contributed by atoms with E-state index < -0.39 is 0 Å². The number of nitrogens with zero attached hydrogens (tertiary/aromatic N) is 1. The van der Waals surface area contributed by atoms with Gasteiger partial charge in [0.2, 0.25) is 0 Å². The van der Waals surface area contributed by atoms with Gasteiger partial charge in [0, 0.05) is 23.2 Å². The number of anilines is 1. The van der Waals surface area contributed by atoms with Crippen molar-refractivity contribution >= 4 is 21.6 Å². The van der Waals surface area contributed by atoms with Crippen LogP contribution >= 0.6 is 15.9 Å². The Hall–Kier alpha value is -0.540. The summed E-state index contributed by atoms with van der Waals surface area (Å²) in [5.74, 6) is 0. The van der Waals surface area contributed by atoms with Crippen LogP contribution in [-0.2, 0) is 6.54 Å². The van der Waals surface area contributed by atoms with Crippen LogP contribution in [0.1, 0.15) is 38.7 Å². The molecule has 2 nitrogen and oxygen atoms in total. The molecule has 0 bridgehead atoms. The predicted octanol–water partition coefficient (Wildman–Crippen LogP) is 4.04. The first-order chi connectivity index (χ1) is 8.58. The molecule has 0 aliphatic carbocycles. The number of rotatable bonds is 4. The summed E-state index contributed by atoms with van der Waals surface area (Å²) in [6, 6.07) is 6.30. The molecule has 1 aromatic rings. The van der Waals surface area contributed by atoms with Crippen molar-refractivity contribution in [3.63, 3.8) is 0 Å². The number of hydrogen-bond donors (Lipinski definition) is 1. The average molecular weight is 311 g/mol. The van der Waals surface area contributed by atoms with Gasteiger partial charge in [-0.15, -0.1) is 0 Å². The maximum atomic E-state index is 5.94. The van der Waals surface area contributed by atoms with E-state index in [4.69, 9.17) is 5.73 Å². The highest BCUT2D eigenvalue weighted by Gasteiger charge is 2.34. The highest BCUT2D eigenvalue weighted by Crippen LogP contribution is 2.37. The lowest BCUT2D eigenvalue weighted by Gasteiger charge is -2.26. The number of halogens is 1. The quantitative estimate of drug-likeness (QED) is 0.850. The normalized spacial score (nSPS) is 19.3. The van der Waals surface area contributed by atoms with Gasteiger partial charge < -0.3 is 5.73 Å². The van der Waals surface area contributed by atoms with Crippen LogP contribution in [0.25, 0.3) is 0 Å². The third-order valence-electron chi connectivity index (χ3n) is 4.48. The predicted molar refractivity (Wildman–Crippen MR) is 81.5 cm³/mol. The van der Waals surface area contributed by atoms with Crippen LogP contribution in [0.3, 0.4) is 0 Å². The number of hydrogen-bond acceptors (Lipinski definition) is 2. The smallest absolute Gasteiger partial charge is 0.0461 e. The summed E-state index contributed by atoms with van der Waals surface area (Å²) in [4.78, 5) is 2.57. The fourth-order valence-corrected chi connectivity index (χ4v) is 3.19. The fourth-order valence-electron chi connectivity index (χ4n) is 2.94. The van der Waals surface area contributed by atoms with Crippen LogP contribution in [-0.4, -0.2) is 18.0 Å². The number of benzene rings is 1.